The number of hydrogen-bond donors (Lipinski definition) is 0. The summed E-state index contributed by atoms with van der Waals surface area (Å²) in [6.45, 7) is 8.41. The molecule has 1 atom stereocenters. The highest BCUT2D eigenvalue weighted by molar-refractivity contribution is 6.18. The molecule has 0 bridgehead atoms. The van der Waals surface area contributed by atoms with Crippen LogP contribution in [0, 0.1) is 30.3 Å². The zero-order valence-electron chi connectivity index (χ0n) is 22.3. The Morgan fingerprint density at radius 1 is 1.07 bits per heavy atom. The highest BCUT2D eigenvalue weighted by Gasteiger charge is 2.44. The number of aromatic nitrogens is 4. The van der Waals surface area contributed by atoms with E-state index >= 15 is 0 Å². The van der Waals surface area contributed by atoms with Gasteiger partial charge in [-0.05, 0) is 44.0 Å². The Morgan fingerprint density at radius 3 is 2.55 bits per heavy atom. The number of nitrogens with zero attached hydrogens (tertiary/aromatic N) is 7. The number of amides is 1. The van der Waals surface area contributed by atoms with Crippen molar-refractivity contribution in [3.05, 3.63) is 70.9 Å². The molecular weight excluding hydrogens is 523 g/mol. The molecule has 40 heavy (non-hydrogen) atoms. The molecule has 0 N–H and O–H groups in total. The molecule has 0 saturated heterocycles. The summed E-state index contributed by atoms with van der Waals surface area (Å²) in [6.07, 6.45) is 0. The van der Waals surface area contributed by atoms with Gasteiger partial charge in [0.25, 0.3) is 11.8 Å². The van der Waals surface area contributed by atoms with E-state index in [4.69, 9.17) is 14.5 Å². The van der Waals surface area contributed by atoms with Crippen LogP contribution in [0.25, 0.3) is 22.8 Å². The van der Waals surface area contributed by atoms with Gasteiger partial charge in [-0.2, -0.15) is 4.98 Å². The number of halogens is 3. The zero-order chi connectivity index (χ0) is 28.3. The number of benzene rings is 2. The van der Waals surface area contributed by atoms with Gasteiger partial charge in [-0.3, -0.25) is 14.6 Å². The third-order valence-electron chi connectivity index (χ3n) is 7.19. The lowest BCUT2D eigenvalue weighted by Gasteiger charge is -2.33. The lowest BCUT2D eigenvalue weighted by molar-refractivity contribution is 0.0841. The maximum atomic E-state index is 14.9. The van der Waals surface area contributed by atoms with Crippen molar-refractivity contribution in [3.8, 4) is 22.8 Å². The van der Waals surface area contributed by atoms with Crippen LogP contribution in [0.3, 0.4) is 0 Å². The van der Waals surface area contributed by atoms with E-state index in [0.717, 1.165) is 6.07 Å². The maximum Gasteiger partial charge on any atom is 0.283 e. The molecule has 4 heterocycles. The molecule has 0 radical (unpaired) electrons. The van der Waals surface area contributed by atoms with Gasteiger partial charge in [0.2, 0.25) is 5.96 Å². The van der Waals surface area contributed by atoms with E-state index in [9.17, 15) is 18.0 Å². The number of guanidine groups is 1. The van der Waals surface area contributed by atoms with Gasteiger partial charge >= 0.3 is 0 Å². The maximum absolute atomic E-state index is 14.9. The number of aryl methyl sites for hydroxylation is 1. The van der Waals surface area contributed by atoms with Crippen molar-refractivity contribution in [1.82, 2.24) is 24.6 Å². The van der Waals surface area contributed by atoms with E-state index in [1.807, 2.05) is 11.8 Å². The number of aliphatic imine (C=N–C) groups is 1. The van der Waals surface area contributed by atoms with Crippen LogP contribution >= 0.6 is 0 Å². The van der Waals surface area contributed by atoms with Crippen molar-refractivity contribution in [3.63, 3.8) is 0 Å². The Morgan fingerprint density at radius 2 is 1.88 bits per heavy atom. The average molecular weight is 550 g/mol. The molecule has 0 saturated carbocycles. The van der Waals surface area contributed by atoms with Crippen LogP contribution < -0.4 is 4.90 Å². The first kappa shape index (κ1) is 25.8. The monoisotopic (exact) mass is 549 g/mol. The number of carbonyl (C=O) groups is 1. The molecule has 2 aliphatic rings. The Hall–Kier alpha value is -4.48. The SMILES string of the molecule is CCN1C(=O)c2nc(-c3ccc(F)c(-c4nc(C)no4)c3)n(Cc3ccc(F)cc3F)c2N2CC(C(C)C)N=C12. The van der Waals surface area contributed by atoms with Crippen LogP contribution in [-0.2, 0) is 6.54 Å². The van der Waals surface area contributed by atoms with Crippen LogP contribution in [0.4, 0.5) is 19.0 Å². The van der Waals surface area contributed by atoms with Gasteiger partial charge in [0.15, 0.2) is 11.5 Å². The van der Waals surface area contributed by atoms with E-state index < -0.39 is 17.5 Å². The summed E-state index contributed by atoms with van der Waals surface area (Å²) in [7, 11) is 0. The normalized spacial score (nSPS) is 16.6. The van der Waals surface area contributed by atoms with Gasteiger partial charge < -0.3 is 9.09 Å². The minimum Gasteiger partial charge on any atom is -0.334 e. The van der Waals surface area contributed by atoms with Gasteiger partial charge in [-0.15, -0.1) is 0 Å². The molecule has 2 aromatic heterocycles. The fourth-order valence-corrected chi connectivity index (χ4v) is 5.07. The number of rotatable bonds is 6. The van der Waals surface area contributed by atoms with E-state index in [0.29, 0.717) is 42.1 Å². The average Bonchev–Trinajstić information content (AvgIpc) is 3.64. The third kappa shape index (κ3) is 4.14. The molecule has 1 unspecified atom stereocenters. The Labute approximate surface area is 228 Å². The zero-order valence-corrected chi connectivity index (χ0v) is 22.3. The first-order chi connectivity index (χ1) is 19.2. The smallest absolute Gasteiger partial charge is 0.283 e. The second kappa shape index (κ2) is 9.61. The molecule has 4 aromatic rings. The standard InChI is InChI=1S/C28H26F3N7O2/c1-5-36-27(39)23-26(38-13-22(14(2)3)33-28(36)38)37(12-17-6-8-18(29)11-21(17)31)24(34-23)16-7-9-20(30)19(10-16)25-32-15(4)35-40-25/h6-11,14,22H,5,12-13H2,1-4H3. The minimum atomic E-state index is -0.734. The molecule has 0 spiro atoms. The fourth-order valence-electron chi connectivity index (χ4n) is 5.07. The van der Waals surface area contributed by atoms with E-state index in [1.54, 1.807) is 16.4 Å². The highest BCUT2D eigenvalue weighted by atomic mass is 19.1. The van der Waals surface area contributed by atoms with Crippen LogP contribution in [0.5, 0.6) is 0 Å². The van der Waals surface area contributed by atoms with E-state index in [-0.39, 0.29) is 47.1 Å². The Balaban J connectivity index is 1.57. The predicted molar refractivity (Wildman–Crippen MR) is 141 cm³/mol. The van der Waals surface area contributed by atoms with E-state index in [1.165, 1.54) is 30.3 Å². The molecule has 0 aliphatic carbocycles. The van der Waals surface area contributed by atoms with Crippen molar-refractivity contribution < 1.29 is 22.5 Å². The summed E-state index contributed by atoms with van der Waals surface area (Å²) < 4.78 is 50.4. The third-order valence-corrected chi connectivity index (χ3v) is 7.19. The predicted octanol–water partition coefficient (Wildman–Crippen LogP) is 5.05. The molecule has 1 amide bonds. The quantitative estimate of drug-likeness (QED) is 0.334. The Bertz CT molecular complexity index is 1680. The van der Waals surface area contributed by atoms with Crippen molar-refractivity contribution >= 4 is 17.7 Å². The van der Waals surface area contributed by atoms with Crippen LogP contribution in [-0.4, -0.2) is 55.6 Å². The summed E-state index contributed by atoms with van der Waals surface area (Å²) in [6, 6.07) is 7.55. The minimum absolute atomic E-state index is 0.00808. The topological polar surface area (TPSA) is 92.7 Å². The molecule has 0 fully saturated rings. The van der Waals surface area contributed by atoms with E-state index in [2.05, 4.69) is 24.0 Å². The lowest BCUT2D eigenvalue weighted by Crippen LogP contribution is -2.50. The largest absolute Gasteiger partial charge is 0.334 e. The molecule has 2 aromatic carbocycles. The molecule has 6 rings (SSSR count). The number of imidazole rings is 1. The number of hydrogen-bond acceptors (Lipinski definition) is 7. The molecule has 12 heteroatoms. The van der Waals surface area contributed by atoms with Gasteiger partial charge in [0.1, 0.15) is 29.1 Å². The van der Waals surface area contributed by atoms with Gasteiger partial charge in [0, 0.05) is 23.7 Å². The van der Waals surface area contributed by atoms with Crippen molar-refractivity contribution in [2.75, 3.05) is 18.0 Å². The summed E-state index contributed by atoms with van der Waals surface area (Å²) >= 11 is 0. The number of anilines is 1. The second-order valence-corrected chi connectivity index (χ2v) is 10.2. The number of fused-ring (bicyclic) bond motifs is 3. The van der Waals surface area contributed by atoms with Crippen LogP contribution in [0.2, 0.25) is 0 Å². The van der Waals surface area contributed by atoms with Crippen molar-refractivity contribution in [2.24, 2.45) is 10.9 Å². The second-order valence-electron chi connectivity index (χ2n) is 10.2. The van der Waals surface area contributed by atoms with Crippen molar-refractivity contribution in [1.29, 1.82) is 0 Å². The molecular formula is C28H26F3N7O2. The van der Waals surface area contributed by atoms with Crippen LogP contribution in [0.15, 0.2) is 45.9 Å². The van der Waals surface area contributed by atoms with Crippen LogP contribution in [0.1, 0.15) is 42.6 Å². The lowest BCUT2D eigenvalue weighted by atomic mass is 10.1. The molecule has 2 aliphatic heterocycles. The summed E-state index contributed by atoms with van der Waals surface area (Å²) in [5.41, 5.74) is 0.866. The summed E-state index contributed by atoms with van der Waals surface area (Å²) in [5.74, 6) is -0.559. The molecule has 9 nitrogen and oxygen atoms in total. The van der Waals surface area contributed by atoms with Gasteiger partial charge in [-0.1, -0.05) is 25.1 Å². The first-order valence-corrected chi connectivity index (χ1v) is 13.0. The first-order valence-electron chi connectivity index (χ1n) is 13.0. The summed E-state index contributed by atoms with van der Waals surface area (Å²) in [5, 5.41) is 3.75. The Kier molecular flexibility index (Phi) is 6.20. The number of carbonyl (C=O) groups excluding carboxylic acids is 1. The molecule has 206 valence electrons. The fraction of sp³-hybridized carbons (Fsp3) is 0.321. The van der Waals surface area contributed by atoms with Gasteiger partial charge in [-0.25, -0.2) is 23.1 Å². The van der Waals surface area contributed by atoms with Gasteiger partial charge in [0.05, 0.1) is 24.7 Å². The summed E-state index contributed by atoms with van der Waals surface area (Å²) in [4.78, 5) is 30.9. The van der Waals surface area contributed by atoms with Crippen molar-refractivity contribution in [2.45, 2.75) is 40.3 Å². The highest BCUT2D eigenvalue weighted by Crippen LogP contribution is 2.38.